The maximum absolute atomic E-state index is 12.8. The van der Waals surface area contributed by atoms with Crippen LogP contribution in [0.25, 0.3) is 6.08 Å². The third kappa shape index (κ3) is 5.41. The molecule has 3 aromatic rings. The first-order valence-electron chi connectivity index (χ1n) is 10.3. The van der Waals surface area contributed by atoms with Crippen LogP contribution in [-0.2, 0) is 17.9 Å². The summed E-state index contributed by atoms with van der Waals surface area (Å²) in [6.07, 6.45) is 1.65. The maximum Gasteiger partial charge on any atom is 0.293 e. The van der Waals surface area contributed by atoms with Gasteiger partial charge in [-0.05, 0) is 53.6 Å². The van der Waals surface area contributed by atoms with Gasteiger partial charge < -0.3 is 9.47 Å². The summed E-state index contributed by atoms with van der Waals surface area (Å²) in [6, 6.07) is 20.9. The lowest BCUT2D eigenvalue weighted by molar-refractivity contribution is -0.123. The molecule has 7 heteroatoms. The van der Waals surface area contributed by atoms with E-state index in [-0.39, 0.29) is 17.7 Å². The van der Waals surface area contributed by atoms with Crippen molar-refractivity contribution in [3.63, 3.8) is 0 Å². The fourth-order valence-corrected chi connectivity index (χ4v) is 4.47. The minimum atomic E-state index is -0.330. The molecule has 168 valence electrons. The van der Waals surface area contributed by atoms with Gasteiger partial charge >= 0.3 is 0 Å². The second kappa shape index (κ2) is 10.1. The molecular formula is C26H22ClNO4S. The largest absolute Gasteiger partial charge is 0.493 e. The highest BCUT2D eigenvalue weighted by molar-refractivity contribution is 8.18. The summed E-state index contributed by atoms with van der Waals surface area (Å²) in [5.41, 5.74) is 3.72. The number of aryl methyl sites for hydroxylation is 1. The van der Waals surface area contributed by atoms with E-state index in [0.29, 0.717) is 33.6 Å². The van der Waals surface area contributed by atoms with Gasteiger partial charge in [0.1, 0.15) is 6.61 Å². The smallest absolute Gasteiger partial charge is 0.293 e. The Kier molecular flexibility index (Phi) is 7.06. The van der Waals surface area contributed by atoms with Crippen molar-refractivity contribution >= 4 is 40.6 Å². The normalized spacial score (nSPS) is 14.8. The predicted octanol–water partition coefficient (Wildman–Crippen LogP) is 6.47. The van der Waals surface area contributed by atoms with Crippen LogP contribution in [0.1, 0.15) is 22.3 Å². The molecular weight excluding hydrogens is 458 g/mol. The van der Waals surface area contributed by atoms with Crippen LogP contribution < -0.4 is 9.47 Å². The summed E-state index contributed by atoms with van der Waals surface area (Å²) in [4.78, 5) is 26.8. The van der Waals surface area contributed by atoms with E-state index in [1.165, 1.54) is 17.6 Å². The fourth-order valence-electron chi connectivity index (χ4n) is 3.36. The molecule has 1 aliphatic rings. The van der Waals surface area contributed by atoms with Crippen LogP contribution in [0.4, 0.5) is 4.79 Å². The number of methoxy groups -OCH3 is 1. The van der Waals surface area contributed by atoms with Crippen LogP contribution in [0.3, 0.4) is 0 Å². The highest BCUT2D eigenvalue weighted by Crippen LogP contribution is 2.39. The molecule has 2 amide bonds. The minimum absolute atomic E-state index is 0.235. The fraction of sp³-hybridized carbons (Fsp3) is 0.154. The lowest BCUT2D eigenvalue weighted by Gasteiger charge is -2.14. The Bertz CT molecular complexity index is 1210. The average molecular weight is 480 g/mol. The van der Waals surface area contributed by atoms with Crippen LogP contribution in [0, 0.1) is 6.92 Å². The molecule has 4 rings (SSSR count). The zero-order valence-electron chi connectivity index (χ0n) is 18.2. The van der Waals surface area contributed by atoms with Crippen molar-refractivity contribution < 1.29 is 19.1 Å². The van der Waals surface area contributed by atoms with Gasteiger partial charge in [-0.1, -0.05) is 71.8 Å². The number of hydrogen-bond acceptors (Lipinski definition) is 5. The van der Waals surface area contributed by atoms with Crippen molar-refractivity contribution in [2.75, 3.05) is 7.11 Å². The molecule has 0 spiro atoms. The first-order chi connectivity index (χ1) is 15.9. The van der Waals surface area contributed by atoms with Gasteiger partial charge in [-0.2, -0.15) is 0 Å². The summed E-state index contributed by atoms with van der Waals surface area (Å²) < 4.78 is 11.4. The van der Waals surface area contributed by atoms with E-state index in [4.69, 9.17) is 21.1 Å². The van der Waals surface area contributed by atoms with Gasteiger partial charge in [0, 0.05) is 0 Å². The molecule has 33 heavy (non-hydrogen) atoms. The lowest BCUT2D eigenvalue weighted by Crippen LogP contribution is -2.27. The van der Waals surface area contributed by atoms with Gasteiger partial charge in [-0.3, -0.25) is 14.5 Å². The topological polar surface area (TPSA) is 55.8 Å². The summed E-state index contributed by atoms with van der Waals surface area (Å²) in [7, 11) is 1.53. The summed E-state index contributed by atoms with van der Waals surface area (Å²) >= 11 is 7.40. The number of thioether (sulfide) groups is 1. The third-order valence-electron chi connectivity index (χ3n) is 5.11. The maximum atomic E-state index is 12.8. The molecule has 0 radical (unpaired) electrons. The Hall–Kier alpha value is -3.22. The number of carbonyl (C=O) groups excluding carboxylic acids is 2. The zero-order chi connectivity index (χ0) is 23.4. The second-order valence-corrected chi connectivity index (χ2v) is 8.96. The van der Waals surface area contributed by atoms with E-state index in [9.17, 15) is 9.59 Å². The van der Waals surface area contributed by atoms with Crippen LogP contribution in [-0.4, -0.2) is 23.2 Å². The molecule has 0 aromatic heterocycles. The molecule has 1 fully saturated rings. The summed E-state index contributed by atoms with van der Waals surface area (Å²) in [5.74, 6) is 0.544. The Morgan fingerprint density at radius 2 is 1.73 bits per heavy atom. The highest BCUT2D eigenvalue weighted by Gasteiger charge is 2.35. The molecule has 1 heterocycles. The Balaban J connectivity index is 1.53. The molecule has 3 aromatic carbocycles. The SMILES string of the molecule is COc1cc(/C=C2\SC(=O)N(Cc3ccccc3)C2=O)cc(Cl)c1OCc1ccc(C)cc1. The Labute approximate surface area is 202 Å². The van der Waals surface area contributed by atoms with Crippen molar-refractivity contribution in [2.24, 2.45) is 0 Å². The number of rotatable bonds is 7. The molecule has 0 atom stereocenters. The Morgan fingerprint density at radius 3 is 2.42 bits per heavy atom. The van der Waals surface area contributed by atoms with Crippen molar-refractivity contribution in [1.29, 1.82) is 0 Å². The molecule has 5 nitrogen and oxygen atoms in total. The first-order valence-corrected chi connectivity index (χ1v) is 11.5. The number of imide groups is 1. The quantitative estimate of drug-likeness (QED) is 0.363. The second-order valence-electron chi connectivity index (χ2n) is 7.56. The number of hydrogen-bond donors (Lipinski definition) is 0. The zero-order valence-corrected chi connectivity index (χ0v) is 19.8. The van der Waals surface area contributed by atoms with Gasteiger partial charge in [0.15, 0.2) is 11.5 Å². The van der Waals surface area contributed by atoms with Crippen molar-refractivity contribution in [3.05, 3.63) is 98.9 Å². The molecule has 0 aliphatic carbocycles. The van der Waals surface area contributed by atoms with E-state index in [2.05, 4.69) is 0 Å². The van der Waals surface area contributed by atoms with Crippen molar-refractivity contribution in [1.82, 2.24) is 4.90 Å². The van der Waals surface area contributed by atoms with Gasteiger partial charge in [-0.15, -0.1) is 0 Å². The van der Waals surface area contributed by atoms with Gasteiger partial charge in [0.05, 0.1) is 23.6 Å². The van der Waals surface area contributed by atoms with E-state index in [1.54, 1.807) is 18.2 Å². The van der Waals surface area contributed by atoms with E-state index < -0.39 is 0 Å². The predicted molar refractivity (Wildman–Crippen MR) is 131 cm³/mol. The summed E-state index contributed by atoms with van der Waals surface area (Å²) in [5, 5.41) is 0.0578. The van der Waals surface area contributed by atoms with Gasteiger partial charge in [0.25, 0.3) is 11.1 Å². The van der Waals surface area contributed by atoms with Crippen LogP contribution in [0.2, 0.25) is 5.02 Å². The van der Waals surface area contributed by atoms with Crippen LogP contribution >= 0.6 is 23.4 Å². The Morgan fingerprint density at radius 1 is 1.00 bits per heavy atom. The van der Waals surface area contributed by atoms with Crippen molar-refractivity contribution in [3.8, 4) is 11.5 Å². The number of benzene rings is 3. The number of carbonyl (C=O) groups is 2. The lowest BCUT2D eigenvalue weighted by atomic mass is 10.1. The molecule has 1 saturated heterocycles. The molecule has 0 saturated carbocycles. The molecule has 0 unspecified atom stereocenters. The van der Waals surface area contributed by atoms with Gasteiger partial charge in [0.2, 0.25) is 0 Å². The van der Waals surface area contributed by atoms with Crippen LogP contribution in [0.5, 0.6) is 11.5 Å². The van der Waals surface area contributed by atoms with Gasteiger partial charge in [-0.25, -0.2) is 0 Å². The standard InChI is InChI=1S/C26H22ClNO4S/c1-17-8-10-19(11-9-17)16-32-24-21(27)12-20(13-22(24)31-2)14-23-25(29)28(26(30)33-23)15-18-6-4-3-5-7-18/h3-14H,15-16H2,1-2H3/b23-14-. The highest BCUT2D eigenvalue weighted by atomic mass is 35.5. The average Bonchev–Trinajstić information content (AvgIpc) is 3.07. The van der Waals surface area contributed by atoms with Crippen LogP contribution in [0.15, 0.2) is 71.6 Å². The number of halogens is 1. The van der Waals surface area contributed by atoms with Crippen molar-refractivity contribution in [2.45, 2.75) is 20.1 Å². The minimum Gasteiger partial charge on any atom is -0.493 e. The number of ether oxygens (including phenoxy) is 2. The van der Waals surface area contributed by atoms with E-state index in [0.717, 1.165) is 22.9 Å². The molecule has 0 bridgehead atoms. The van der Waals surface area contributed by atoms with E-state index in [1.807, 2.05) is 61.5 Å². The summed E-state index contributed by atoms with van der Waals surface area (Å²) in [6.45, 7) is 2.60. The monoisotopic (exact) mass is 479 g/mol. The third-order valence-corrected chi connectivity index (χ3v) is 6.30. The number of amides is 2. The number of nitrogens with zero attached hydrogens (tertiary/aromatic N) is 1. The van der Waals surface area contributed by atoms with E-state index >= 15 is 0 Å². The molecule has 1 aliphatic heterocycles. The molecule has 0 N–H and O–H groups in total. The first kappa shape index (κ1) is 23.0.